The van der Waals surface area contributed by atoms with Gasteiger partial charge in [0.15, 0.2) is 0 Å². The molecule has 2 rings (SSSR count). The zero-order valence-corrected chi connectivity index (χ0v) is 8.90. The molecule has 0 nitrogen and oxygen atoms in total. The van der Waals surface area contributed by atoms with Crippen LogP contribution >= 0.6 is 15.9 Å². The fourth-order valence-corrected chi connectivity index (χ4v) is 2.52. The van der Waals surface area contributed by atoms with Crippen molar-refractivity contribution in [2.24, 2.45) is 0 Å². The van der Waals surface area contributed by atoms with Gasteiger partial charge in [-0.05, 0) is 54.7 Å². The van der Waals surface area contributed by atoms with Gasteiger partial charge in [0.1, 0.15) is 0 Å². The molecule has 0 aromatic heterocycles. The molecule has 1 aromatic carbocycles. The van der Waals surface area contributed by atoms with Crippen molar-refractivity contribution >= 4 is 21.5 Å². The Balaban J connectivity index is 2.67. The minimum Gasteiger partial charge on any atom is -0.0766 e. The van der Waals surface area contributed by atoms with E-state index in [0.717, 1.165) is 6.42 Å². The quantitative estimate of drug-likeness (QED) is 0.628. The molecule has 0 radical (unpaired) electrons. The van der Waals surface area contributed by atoms with E-state index in [0.29, 0.717) is 0 Å². The largest absolute Gasteiger partial charge is 0.0766 e. The smallest absolute Gasteiger partial charge is 0.0181 e. The van der Waals surface area contributed by atoms with E-state index < -0.39 is 0 Å². The van der Waals surface area contributed by atoms with Gasteiger partial charge >= 0.3 is 0 Å². The molecule has 1 aliphatic carbocycles. The van der Waals surface area contributed by atoms with Crippen molar-refractivity contribution in [2.75, 3.05) is 0 Å². The van der Waals surface area contributed by atoms with E-state index in [4.69, 9.17) is 0 Å². The zero-order valence-electron chi connectivity index (χ0n) is 7.32. The summed E-state index contributed by atoms with van der Waals surface area (Å²) >= 11 is 3.51. The van der Waals surface area contributed by atoms with E-state index in [-0.39, 0.29) is 0 Å². The third kappa shape index (κ3) is 1.13. The SMILES string of the molecule is CC1=CCc2cc(Br)cc(C)c21. The Morgan fingerprint density at radius 1 is 1.25 bits per heavy atom. The summed E-state index contributed by atoms with van der Waals surface area (Å²) in [5.41, 5.74) is 5.72. The third-order valence-corrected chi connectivity index (χ3v) is 2.86. The summed E-state index contributed by atoms with van der Waals surface area (Å²) < 4.78 is 1.20. The Bertz CT molecular complexity index is 362. The number of rotatable bonds is 0. The average Bonchev–Trinajstić information content (AvgIpc) is 2.31. The van der Waals surface area contributed by atoms with E-state index in [1.165, 1.54) is 26.7 Å². The van der Waals surface area contributed by atoms with E-state index in [9.17, 15) is 0 Å². The standard InChI is InChI=1S/C11H11Br/c1-7-3-4-9-6-10(12)5-8(2)11(7)9/h3,5-6H,4H2,1-2H3. The predicted molar refractivity (Wildman–Crippen MR) is 56.2 cm³/mol. The Morgan fingerprint density at radius 3 is 2.75 bits per heavy atom. The van der Waals surface area contributed by atoms with Gasteiger partial charge in [-0.1, -0.05) is 22.0 Å². The van der Waals surface area contributed by atoms with Crippen molar-refractivity contribution in [3.8, 4) is 0 Å². The van der Waals surface area contributed by atoms with Crippen LogP contribution in [0.3, 0.4) is 0 Å². The summed E-state index contributed by atoms with van der Waals surface area (Å²) in [7, 11) is 0. The number of fused-ring (bicyclic) bond motifs is 1. The molecule has 1 aromatic rings. The average molecular weight is 223 g/mol. The number of allylic oxidation sites excluding steroid dienone is 2. The Morgan fingerprint density at radius 2 is 2.00 bits per heavy atom. The van der Waals surface area contributed by atoms with Gasteiger partial charge in [-0.2, -0.15) is 0 Å². The molecule has 0 spiro atoms. The van der Waals surface area contributed by atoms with Crippen LogP contribution in [0.5, 0.6) is 0 Å². The molecule has 0 bridgehead atoms. The fraction of sp³-hybridized carbons (Fsp3) is 0.273. The molecule has 0 heterocycles. The van der Waals surface area contributed by atoms with Crippen molar-refractivity contribution in [1.82, 2.24) is 0 Å². The van der Waals surface area contributed by atoms with Gasteiger partial charge < -0.3 is 0 Å². The summed E-state index contributed by atoms with van der Waals surface area (Å²) in [4.78, 5) is 0. The molecule has 0 amide bonds. The summed E-state index contributed by atoms with van der Waals surface area (Å²) in [6.45, 7) is 4.36. The van der Waals surface area contributed by atoms with Crippen molar-refractivity contribution in [3.05, 3.63) is 39.4 Å². The van der Waals surface area contributed by atoms with E-state index >= 15 is 0 Å². The minimum absolute atomic E-state index is 1.10. The van der Waals surface area contributed by atoms with Crippen LogP contribution in [-0.4, -0.2) is 0 Å². The highest BCUT2D eigenvalue weighted by Crippen LogP contribution is 2.32. The van der Waals surface area contributed by atoms with Crippen LogP contribution in [0.15, 0.2) is 22.7 Å². The van der Waals surface area contributed by atoms with Crippen LogP contribution in [0.2, 0.25) is 0 Å². The maximum absolute atomic E-state index is 3.51. The number of halogens is 1. The lowest BCUT2D eigenvalue weighted by Gasteiger charge is -2.06. The second-order valence-corrected chi connectivity index (χ2v) is 4.26. The predicted octanol–water partition coefficient (Wildman–Crippen LogP) is 3.72. The molecule has 1 aliphatic rings. The van der Waals surface area contributed by atoms with Gasteiger partial charge in [-0.3, -0.25) is 0 Å². The van der Waals surface area contributed by atoms with E-state index in [1.54, 1.807) is 0 Å². The minimum atomic E-state index is 1.10. The number of benzene rings is 1. The maximum Gasteiger partial charge on any atom is 0.0181 e. The van der Waals surface area contributed by atoms with Gasteiger partial charge in [-0.25, -0.2) is 0 Å². The van der Waals surface area contributed by atoms with E-state index in [2.05, 4.69) is 48.0 Å². The highest BCUT2D eigenvalue weighted by Gasteiger charge is 2.13. The van der Waals surface area contributed by atoms with Crippen LogP contribution in [0.25, 0.3) is 5.57 Å². The molecule has 0 saturated carbocycles. The molecule has 0 saturated heterocycles. The van der Waals surface area contributed by atoms with Crippen LogP contribution in [0.1, 0.15) is 23.6 Å². The lowest BCUT2D eigenvalue weighted by Crippen LogP contribution is -1.87. The number of hydrogen-bond donors (Lipinski definition) is 0. The molecule has 0 aliphatic heterocycles. The van der Waals surface area contributed by atoms with Gasteiger partial charge in [0.05, 0.1) is 0 Å². The summed E-state index contributed by atoms with van der Waals surface area (Å²) in [5.74, 6) is 0. The fourth-order valence-electron chi connectivity index (χ4n) is 1.90. The molecular formula is C11H11Br. The second-order valence-electron chi connectivity index (χ2n) is 3.35. The van der Waals surface area contributed by atoms with Crippen molar-refractivity contribution in [1.29, 1.82) is 0 Å². The van der Waals surface area contributed by atoms with Crippen LogP contribution in [0, 0.1) is 6.92 Å². The first-order chi connectivity index (χ1) is 5.68. The summed E-state index contributed by atoms with van der Waals surface area (Å²) in [6.07, 6.45) is 3.39. The third-order valence-electron chi connectivity index (χ3n) is 2.40. The molecule has 12 heavy (non-hydrogen) atoms. The lowest BCUT2D eigenvalue weighted by atomic mass is 10.0. The lowest BCUT2D eigenvalue weighted by molar-refractivity contribution is 1.27. The normalized spacial score (nSPS) is 14.4. The monoisotopic (exact) mass is 222 g/mol. The van der Waals surface area contributed by atoms with Crippen molar-refractivity contribution in [2.45, 2.75) is 20.3 Å². The van der Waals surface area contributed by atoms with Gasteiger partial charge in [0.2, 0.25) is 0 Å². The second kappa shape index (κ2) is 2.74. The van der Waals surface area contributed by atoms with Crippen molar-refractivity contribution < 1.29 is 0 Å². The molecule has 0 unspecified atom stereocenters. The van der Waals surface area contributed by atoms with Crippen LogP contribution < -0.4 is 0 Å². The highest BCUT2D eigenvalue weighted by atomic mass is 79.9. The first kappa shape index (κ1) is 8.06. The molecule has 0 atom stereocenters. The summed E-state index contributed by atoms with van der Waals surface area (Å²) in [5, 5.41) is 0. The molecular weight excluding hydrogens is 212 g/mol. The van der Waals surface area contributed by atoms with E-state index in [1.807, 2.05) is 0 Å². The maximum atomic E-state index is 3.51. The van der Waals surface area contributed by atoms with Gasteiger partial charge in [0, 0.05) is 4.47 Å². The molecule has 1 heteroatoms. The van der Waals surface area contributed by atoms with Crippen LogP contribution in [-0.2, 0) is 6.42 Å². The molecule has 0 fully saturated rings. The Kier molecular flexibility index (Phi) is 1.84. The number of hydrogen-bond acceptors (Lipinski definition) is 0. The number of aryl methyl sites for hydroxylation is 1. The first-order valence-electron chi connectivity index (χ1n) is 4.14. The van der Waals surface area contributed by atoms with Crippen molar-refractivity contribution in [3.63, 3.8) is 0 Å². The van der Waals surface area contributed by atoms with Gasteiger partial charge in [0.25, 0.3) is 0 Å². The Hall–Kier alpha value is -0.560. The topological polar surface area (TPSA) is 0 Å². The highest BCUT2D eigenvalue weighted by molar-refractivity contribution is 9.10. The first-order valence-corrected chi connectivity index (χ1v) is 4.94. The Labute approximate surface area is 81.4 Å². The molecule has 0 N–H and O–H groups in total. The van der Waals surface area contributed by atoms with Crippen LogP contribution in [0.4, 0.5) is 0 Å². The summed E-state index contributed by atoms with van der Waals surface area (Å²) in [6, 6.07) is 4.40. The zero-order chi connectivity index (χ0) is 8.72. The van der Waals surface area contributed by atoms with Gasteiger partial charge in [-0.15, -0.1) is 0 Å². The molecule has 62 valence electrons.